The van der Waals surface area contributed by atoms with Crippen molar-refractivity contribution < 1.29 is 24.2 Å². The van der Waals surface area contributed by atoms with Gasteiger partial charge in [0.1, 0.15) is 11.5 Å². The van der Waals surface area contributed by atoms with Crippen molar-refractivity contribution in [1.29, 1.82) is 0 Å². The van der Waals surface area contributed by atoms with Gasteiger partial charge in [-0.1, -0.05) is 24.6 Å². The molecule has 1 fully saturated rings. The molecule has 1 aromatic heterocycles. The molecule has 0 unspecified atom stereocenters. The second-order valence-electron chi connectivity index (χ2n) is 7.95. The first-order chi connectivity index (χ1) is 16.0. The molecule has 4 rings (SSSR count). The number of nitrogens with zero attached hydrogens (tertiary/aromatic N) is 1. The molecule has 33 heavy (non-hydrogen) atoms. The molecule has 2 aromatic carbocycles. The number of carboxylic acids is 1. The number of hydrogen-bond donors (Lipinski definition) is 2. The highest BCUT2D eigenvalue weighted by molar-refractivity contribution is 8.00. The summed E-state index contributed by atoms with van der Waals surface area (Å²) in [6.07, 6.45) is 2.91. The number of aliphatic carboxylic acids is 1. The van der Waals surface area contributed by atoms with Gasteiger partial charge in [0.2, 0.25) is 5.91 Å². The van der Waals surface area contributed by atoms with Gasteiger partial charge in [0.25, 0.3) is 0 Å². The molecule has 0 aliphatic heterocycles. The normalized spacial score (nSPS) is 18.1. The Balaban J connectivity index is 1.45. The SMILES string of the molecule is COc1ccc(OC)c(CSc2nc3ccc(NC(=O)[C@@H]4CCCC[C@@H]4C(=O)O)cc3s2)c1. The summed E-state index contributed by atoms with van der Waals surface area (Å²) in [5, 5.41) is 12.4. The number of carboxylic acid groups (broad SMARTS) is 1. The third-order valence-electron chi connectivity index (χ3n) is 5.89. The Morgan fingerprint density at radius 2 is 1.91 bits per heavy atom. The van der Waals surface area contributed by atoms with Crippen LogP contribution in [0.3, 0.4) is 0 Å². The number of thiazole rings is 1. The second kappa shape index (κ2) is 10.4. The van der Waals surface area contributed by atoms with Crippen LogP contribution in [0, 0.1) is 11.8 Å². The average molecular weight is 487 g/mol. The maximum Gasteiger partial charge on any atom is 0.307 e. The van der Waals surface area contributed by atoms with Crippen molar-refractivity contribution >= 4 is 50.9 Å². The number of carbonyl (C=O) groups is 2. The van der Waals surface area contributed by atoms with Gasteiger partial charge in [-0.25, -0.2) is 4.98 Å². The molecule has 1 aliphatic rings. The van der Waals surface area contributed by atoms with Gasteiger partial charge in [-0.2, -0.15) is 0 Å². The topological polar surface area (TPSA) is 97.8 Å². The number of fused-ring (bicyclic) bond motifs is 1. The molecule has 1 heterocycles. The van der Waals surface area contributed by atoms with E-state index >= 15 is 0 Å². The predicted octanol–water partition coefficient (Wildman–Crippen LogP) is 5.44. The Morgan fingerprint density at radius 1 is 1.12 bits per heavy atom. The Hall–Kier alpha value is -2.78. The minimum absolute atomic E-state index is 0.217. The summed E-state index contributed by atoms with van der Waals surface area (Å²) >= 11 is 3.17. The number of amides is 1. The summed E-state index contributed by atoms with van der Waals surface area (Å²) in [5.74, 6) is 0.0609. The van der Waals surface area contributed by atoms with E-state index in [2.05, 4.69) is 5.32 Å². The molecular formula is C24H26N2O5S2. The molecule has 9 heteroatoms. The number of carbonyl (C=O) groups excluding carboxylic acids is 1. The van der Waals surface area contributed by atoms with Gasteiger partial charge in [-0.15, -0.1) is 11.3 Å². The molecular weight excluding hydrogens is 460 g/mol. The van der Waals surface area contributed by atoms with E-state index in [1.807, 2.05) is 36.4 Å². The Labute approximate surface area is 200 Å². The number of anilines is 1. The van der Waals surface area contributed by atoms with E-state index in [9.17, 15) is 14.7 Å². The average Bonchev–Trinajstić information content (AvgIpc) is 3.24. The summed E-state index contributed by atoms with van der Waals surface area (Å²) in [6.45, 7) is 0. The molecule has 0 bridgehead atoms. The van der Waals surface area contributed by atoms with Gasteiger partial charge in [0.15, 0.2) is 4.34 Å². The van der Waals surface area contributed by atoms with E-state index in [0.29, 0.717) is 24.3 Å². The summed E-state index contributed by atoms with van der Waals surface area (Å²) < 4.78 is 12.6. The molecule has 1 amide bonds. The summed E-state index contributed by atoms with van der Waals surface area (Å²) in [7, 11) is 3.29. The molecule has 2 atom stereocenters. The van der Waals surface area contributed by atoms with E-state index in [1.54, 1.807) is 37.3 Å². The van der Waals surface area contributed by atoms with Crippen LogP contribution in [0.5, 0.6) is 11.5 Å². The van der Waals surface area contributed by atoms with E-state index < -0.39 is 17.8 Å². The Morgan fingerprint density at radius 3 is 2.64 bits per heavy atom. The van der Waals surface area contributed by atoms with E-state index in [-0.39, 0.29) is 5.91 Å². The maximum atomic E-state index is 12.8. The van der Waals surface area contributed by atoms with E-state index in [4.69, 9.17) is 14.5 Å². The second-order valence-corrected chi connectivity index (χ2v) is 10.2. The van der Waals surface area contributed by atoms with Crippen molar-refractivity contribution in [2.24, 2.45) is 11.8 Å². The number of hydrogen-bond acceptors (Lipinski definition) is 7. The van der Waals surface area contributed by atoms with Crippen molar-refractivity contribution in [2.75, 3.05) is 19.5 Å². The lowest BCUT2D eigenvalue weighted by Crippen LogP contribution is -2.36. The zero-order valence-electron chi connectivity index (χ0n) is 18.5. The lowest BCUT2D eigenvalue weighted by molar-refractivity contribution is -0.147. The number of nitrogens with one attached hydrogen (secondary N) is 1. The van der Waals surface area contributed by atoms with Crippen LogP contribution in [0.25, 0.3) is 10.2 Å². The fourth-order valence-electron chi connectivity index (χ4n) is 4.15. The Bertz CT molecular complexity index is 1160. The van der Waals surface area contributed by atoms with Crippen LogP contribution in [0.2, 0.25) is 0 Å². The van der Waals surface area contributed by atoms with Crippen LogP contribution < -0.4 is 14.8 Å². The molecule has 0 spiro atoms. The van der Waals surface area contributed by atoms with E-state index in [1.165, 1.54) is 0 Å². The molecule has 3 aromatic rings. The quantitative estimate of drug-likeness (QED) is 0.409. The third-order valence-corrected chi connectivity index (χ3v) is 8.10. The molecule has 2 N–H and O–H groups in total. The van der Waals surface area contributed by atoms with Gasteiger partial charge < -0.3 is 19.9 Å². The molecule has 174 valence electrons. The number of thioether (sulfide) groups is 1. The number of benzene rings is 2. The first-order valence-electron chi connectivity index (χ1n) is 10.8. The van der Waals surface area contributed by atoms with Gasteiger partial charge in [0, 0.05) is 17.0 Å². The number of methoxy groups -OCH3 is 2. The zero-order valence-corrected chi connectivity index (χ0v) is 20.1. The van der Waals surface area contributed by atoms with Crippen molar-refractivity contribution in [2.45, 2.75) is 35.8 Å². The molecule has 0 saturated heterocycles. The largest absolute Gasteiger partial charge is 0.497 e. The maximum absolute atomic E-state index is 12.8. The highest BCUT2D eigenvalue weighted by Gasteiger charge is 2.35. The smallest absolute Gasteiger partial charge is 0.307 e. The predicted molar refractivity (Wildman–Crippen MR) is 130 cm³/mol. The molecule has 1 aliphatic carbocycles. The minimum atomic E-state index is -0.887. The van der Waals surface area contributed by atoms with Gasteiger partial charge in [-0.3, -0.25) is 9.59 Å². The van der Waals surface area contributed by atoms with Gasteiger partial charge in [-0.05, 0) is 49.2 Å². The first kappa shape index (κ1) is 23.4. The highest BCUT2D eigenvalue weighted by Crippen LogP contribution is 2.36. The van der Waals surface area contributed by atoms with E-state index in [0.717, 1.165) is 44.5 Å². The summed E-state index contributed by atoms with van der Waals surface area (Å²) in [5.41, 5.74) is 2.55. The van der Waals surface area contributed by atoms with Crippen LogP contribution in [-0.2, 0) is 15.3 Å². The monoisotopic (exact) mass is 486 g/mol. The number of ether oxygens (including phenoxy) is 2. The lowest BCUT2D eigenvalue weighted by Gasteiger charge is -2.27. The number of rotatable bonds is 8. The molecule has 7 nitrogen and oxygen atoms in total. The fourth-order valence-corrected chi connectivity index (χ4v) is 6.24. The standard InChI is InChI=1S/C24H26N2O5S2/c1-30-16-8-10-20(31-2)14(11-16)13-32-24-26-19-9-7-15(12-21(19)33-24)25-22(27)17-5-3-4-6-18(17)23(28)29/h7-12,17-18H,3-6,13H2,1-2H3,(H,25,27)(H,28,29)/t17-,18+/m1/s1. The van der Waals surface area contributed by atoms with Crippen molar-refractivity contribution in [1.82, 2.24) is 4.98 Å². The van der Waals surface area contributed by atoms with Crippen molar-refractivity contribution in [3.63, 3.8) is 0 Å². The third kappa shape index (κ3) is 5.42. The Kier molecular flexibility index (Phi) is 7.39. The van der Waals surface area contributed by atoms with Crippen LogP contribution in [-0.4, -0.2) is 36.2 Å². The van der Waals surface area contributed by atoms with Crippen LogP contribution >= 0.6 is 23.1 Å². The van der Waals surface area contributed by atoms with Gasteiger partial charge >= 0.3 is 5.97 Å². The van der Waals surface area contributed by atoms with Crippen molar-refractivity contribution in [3.05, 3.63) is 42.0 Å². The highest BCUT2D eigenvalue weighted by atomic mass is 32.2. The minimum Gasteiger partial charge on any atom is -0.497 e. The zero-order chi connectivity index (χ0) is 23.4. The molecule has 1 saturated carbocycles. The van der Waals surface area contributed by atoms with Crippen LogP contribution in [0.4, 0.5) is 5.69 Å². The summed E-state index contributed by atoms with van der Waals surface area (Å²) in [4.78, 5) is 29.0. The van der Waals surface area contributed by atoms with Gasteiger partial charge in [0.05, 0.1) is 36.3 Å². The molecule has 0 radical (unpaired) electrons. The lowest BCUT2D eigenvalue weighted by atomic mass is 9.78. The summed E-state index contributed by atoms with van der Waals surface area (Å²) in [6, 6.07) is 11.3. The fraction of sp³-hybridized carbons (Fsp3) is 0.375. The first-order valence-corrected chi connectivity index (χ1v) is 12.6. The number of aromatic nitrogens is 1. The van der Waals surface area contributed by atoms with Crippen LogP contribution in [0.15, 0.2) is 40.7 Å². The van der Waals surface area contributed by atoms with Crippen LogP contribution in [0.1, 0.15) is 31.2 Å². The van der Waals surface area contributed by atoms with Crippen molar-refractivity contribution in [3.8, 4) is 11.5 Å².